The third kappa shape index (κ3) is 5.05. The summed E-state index contributed by atoms with van der Waals surface area (Å²) < 4.78 is 2.01. The molecule has 2 heterocycles. The molecule has 0 aliphatic carbocycles. The van der Waals surface area contributed by atoms with Gasteiger partial charge in [-0.05, 0) is 30.4 Å². The SMILES string of the molecule is C.Cc1ccc2nc(NC(=O)CC(C)(C)C)n(CC(C)C)c2n1. The van der Waals surface area contributed by atoms with E-state index < -0.39 is 0 Å². The minimum atomic E-state index is -0.0478. The highest BCUT2D eigenvalue weighted by Gasteiger charge is 2.19. The molecule has 0 spiro atoms. The summed E-state index contributed by atoms with van der Waals surface area (Å²) in [6, 6.07) is 3.89. The van der Waals surface area contributed by atoms with Crippen molar-refractivity contribution in [3.63, 3.8) is 0 Å². The van der Waals surface area contributed by atoms with E-state index >= 15 is 0 Å². The van der Waals surface area contributed by atoms with Crippen LogP contribution in [0.15, 0.2) is 12.1 Å². The van der Waals surface area contributed by atoms with Gasteiger partial charge in [0.25, 0.3) is 0 Å². The predicted molar refractivity (Wildman–Crippen MR) is 96.5 cm³/mol. The number of rotatable bonds is 4. The first kappa shape index (κ1) is 19.1. The third-order valence-corrected chi connectivity index (χ3v) is 3.22. The van der Waals surface area contributed by atoms with Crippen LogP contribution in [0.3, 0.4) is 0 Å². The van der Waals surface area contributed by atoms with Gasteiger partial charge in [-0.1, -0.05) is 42.0 Å². The molecule has 0 aromatic carbocycles. The smallest absolute Gasteiger partial charge is 0.227 e. The van der Waals surface area contributed by atoms with Gasteiger partial charge in [-0.3, -0.25) is 14.7 Å². The average Bonchev–Trinajstić information content (AvgIpc) is 2.64. The molecular weight excluding hydrogens is 288 g/mol. The summed E-state index contributed by atoms with van der Waals surface area (Å²) in [6.07, 6.45) is 0.463. The number of nitrogens with one attached hydrogen (secondary N) is 1. The van der Waals surface area contributed by atoms with E-state index in [0.29, 0.717) is 18.3 Å². The lowest BCUT2D eigenvalue weighted by Gasteiger charge is -2.17. The van der Waals surface area contributed by atoms with Gasteiger partial charge in [0.15, 0.2) is 5.65 Å². The van der Waals surface area contributed by atoms with Gasteiger partial charge in [0.1, 0.15) is 5.52 Å². The number of aryl methyl sites for hydroxylation is 1. The first-order valence-corrected chi connectivity index (χ1v) is 7.79. The Morgan fingerprint density at radius 3 is 2.48 bits per heavy atom. The van der Waals surface area contributed by atoms with Crippen molar-refractivity contribution in [1.82, 2.24) is 14.5 Å². The molecule has 0 saturated heterocycles. The average molecular weight is 318 g/mol. The van der Waals surface area contributed by atoms with E-state index in [1.165, 1.54) is 0 Å². The van der Waals surface area contributed by atoms with Crippen molar-refractivity contribution in [2.75, 3.05) is 5.32 Å². The number of nitrogens with zero attached hydrogens (tertiary/aromatic N) is 3. The predicted octanol–water partition coefficient (Wildman–Crippen LogP) is 4.41. The standard InChI is InChI=1S/C17H26N4O.CH4/c1-11(2)10-21-15-13(8-7-12(3)18-15)19-16(21)20-14(22)9-17(4,5)6;/h7-8,11H,9-10H2,1-6H3,(H,19,20,22);1H4. The van der Waals surface area contributed by atoms with Crippen molar-refractivity contribution in [1.29, 1.82) is 0 Å². The van der Waals surface area contributed by atoms with Gasteiger partial charge in [0, 0.05) is 18.7 Å². The molecular formula is C18H30N4O. The maximum atomic E-state index is 12.2. The first-order chi connectivity index (χ1) is 10.2. The molecule has 5 heteroatoms. The Labute approximate surface area is 139 Å². The number of fused-ring (bicyclic) bond motifs is 1. The number of hydrogen-bond donors (Lipinski definition) is 1. The molecule has 0 aliphatic heterocycles. The van der Waals surface area contributed by atoms with Crippen LogP contribution in [0.5, 0.6) is 0 Å². The lowest BCUT2D eigenvalue weighted by Crippen LogP contribution is -2.22. The number of hydrogen-bond acceptors (Lipinski definition) is 3. The van der Waals surface area contributed by atoms with E-state index in [4.69, 9.17) is 0 Å². The van der Waals surface area contributed by atoms with E-state index in [-0.39, 0.29) is 18.7 Å². The molecule has 2 aromatic heterocycles. The summed E-state index contributed by atoms with van der Waals surface area (Å²) in [5, 5.41) is 2.95. The fourth-order valence-corrected chi connectivity index (χ4v) is 2.38. The minimum absolute atomic E-state index is 0. The number of carbonyl (C=O) groups excluding carboxylic acids is 1. The van der Waals surface area contributed by atoms with E-state index in [0.717, 1.165) is 23.4 Å². The third-order valence-electron chi connectivity index (χ3n) is 3.22. The minimum Gasteiger partial charge on any atom is -0.296 e. The number of imidazole rings is 1. The van der Waals surface area contributed by atoms with Gasteiger partial charge in [0.2, 0.25) is 11.9 Å². The Morgan fingerprint density at radius 1 is 1.26 bits per heavy atom. The molecule has 1 amide bonds. The van der Waals surface area contributed by atoms with Crippen molar-refractivity contribution >= 4 is 23.0 Å². The molecule has 0 radical (unpaired) electrons. The van der Waals surface area contributed by atoms with E-state index in [2.05, 4.69) is 49.9 Å². The Hall–Kier alpha value is -1.91. The highest BCUT2D eigenvalue weighted by Crippen LogP contribution is 2.23. The number of anilines is 1. The number of aromatic nitrogens is 3. The first-order valence-electron chi connectivity index (χ1n) is 7.79. The fraction of sp³-hybridized carbons (Fsp3) is 0.611. The zero-order valence-corrected chi connectivity index (χ0v) is 14.4. The van der Waals surface area contributed by atoms with Crippen LogP contribution in [0, 0.1) is 18.3 Å². The van der Waals surface area contributed by atoms with Gasteiger partial charge < -0.3 is 0 Å². The van der Waals surface area contributed by atoms with Crippen LogP contribution in [-0.2, 0) is 11.3 Å². The van der Waals surface area contributed by atoms with E-state index in [1.54, 1.807) is 0 Å². The van der Waals surface area contributed by atoms with Crippen LogP contribution in [0.1, 0.15) is 54.2 Å². The second-order valence-corrected chi connectivity index (χ2v) is 7.52. The van der Waals surface area contributed by atoms with Crippen molar-refractivity contribution in [2.45, 2.75) is 61.9 Å². The number of amides is 1. The van der Waals surface area contributed by atoms with Crippen molar-refractivity contribution in [2.24, 2.45) is 11.3 Å². The van der Waals surface area contributed by atoms with Crippen LogP contribution in [0.25, 0.3) is 11.2 Å². The van der Waals surface area contributed by atoms with Crippen LogP contribution >= 0.6 is 0 Å². The lowest BCUT2D eigenvalue weighted by molar-refractivity contribution is -0.117. The Morgan fingerprint density at radius 2 is 1.91 bits per heavy atom. The van der Waals surface area contributed by atoms with Crippen LogP contribution in [0.2, 0.25) is 0 Å². The molecule has 0 saturated carbocycles. The maximum absolute atomic E-state index is 12.2. The monoisotopic (exact) mass is 318 g/mol. The summed E-state index contributed by atoms with van der Waals surface area (Å²) in [5.74, 6) is 1.03. The molecule has 0 aliphatic rings. The molecule has 0 atom stereocenters. The van der Waals surface area contributed by atoms with Crippen LogP contribution in [0.4, 0.5) is 5.95 Å². The van der Waals surface area contributed by atoms with Crippen molar-refractivity contribution in [3.8, 4) is 0 Å². The second kappa shape index (κ2) is 7.11. The fourth-order valence-electron chi connectivity index (χ4n) is 2.38. The molecule has 2 rings (SSSR count). The topological polar surface area (TPSA) is 59.8 Å². The van der Waals surface area contributed by atoms with E-state index in [9.17, 15) is 4.79 Å². The number of pyridine rings is 1. The largest absolute Gasteiger partial charge is 0.296 e. The highest BCUT2D eigenvalue weighted by molar-refractivity contribution is 5.91. The molecule has 128 valence electrons. The Kier molecular flexibility index (Phi) is 5.92. The van der Waals surface area contributed by atoms with Gasteiger partial charge in [-0.2, -0.15) is 0 Å². The van der Waals surface area contributed by atoms with Crippen molar-refractivity contribution < 1.29 is 4.79 Å². The lowest BCUT2D eigenvalue weighted by atomic mass is 9.92. The summed E-state index contributed by atoms with van der Waals surface area (Å²) >= 11 is 0. The van der Waals surface area contributed by atoms with Crippen LogP contribution < -0.4 is 5.32 Å². The molecule has 0 fully saturated rings. The molecule has 2 aromatic rings. The summed E-state index contributed by atoms with van der Waals surface area (Å²) in [6.45, 7) is 13.2. The summed E-state index contributed by atoms with van der Waals surface area (Å²) in [4.78, 5) is 21.4. The molecule has 23 heavy (non-hydrogen) atoms. The summed E-state index contributed by atoms with van der Waals surface area (Å²) in [5.41, 5.74) is 2.55. The van der Waals surface area contributed by atoms with Gasteiger partial charge >= 0.3 is 0 Å². The van der Waals surface area contributed by atoms with Gasteiger partial charge in [-0.25, -0.2) is 9.97 Å². The van der Waals surface area contributed by atoms with Crippen molar-refractivity contribution in [3.05, 3.63) is 17.8 Å². The van der Waals surface area contributed by atoms with E-state index in [1.807, 2.05) is 23.6 Å². The molecule has 5 nitrogen and oxygen atoms in total. The quantitative estimate of drug-likeness (QED) is 0.908. The van der Waals surface area contributed by atoms with Crippen LogP contribution in [-0.4, -0.2) is 20.4 Å². The second-order valence-electron chi connectivity index (χ2n) is 7.52. The normalized spacial score (nSPS) is 11.6. The zero-order valence-electron chi connectivity index (χ0n) is 14.4. The summed E-state index contributed by atoms with van der Waals surface area (Å²) in [7, 11) is 0. The Balaban J connectivity index is 0.00000264. The number of carbonyl (C=O) groups is 1. The molecule has 1 N–H and O–H groups in total. The van der Waals surface area contributed by atoms with Gasteiger partial charge in [0.05, 0.1) is 0 Å². The highest BCUT2D eigenvalue weighted by atomic mass is 16.1. The zero-order chi connectivity index (χ0) is 16.5. The maximum Gasteiger partial charge on any atom is 0.227 e. The molecule has 0 bridgehead atoms. The Bertz CT molecular complexity index is 680. The molecule has 0 unspecified atom stereocenters. The van der Waals surface area contributed by atoms with Gasteiger partial charge in [-0.15, -0.1) is 0 Å².